The molecule has 1 saturated carbocycles. The average Bonchev–Trinajstić information content (AvgIpc) is 2.12. The molecule has 0 bridgehead atoms. The highest BCUT2D eigenvalue weighted by Crippen LogP contribution is 2.45. The van der Waals surface area contributed by atoms with Crippen LogP contribution in [0.4, 0.5) is 4.79 Å². The van der Waals surface area contributed by atoms with Gasteiger partial charge in [0.05, 0.1) is 0 Å². The van der Waals surface area contributed by atoms with E-state index >= 15 is 0 Å². The summed E-state index contributed by atoms with van der Waals surface area (Å²) in [6, 6.07) is -0.974. The Morgan fingerprint density at radius 2 is 2.00 bits per heavy atom. The minimum Gasteiger partial charge on any atom is -0.480 e. The Balaban J connectivity index is 2.73. The average molecular weight is 255 g/mol. The summed E-state index contributed by atoms with van der Waals surface area (Å²) >= 11 is 0. The topological polar surface area (TPSA) is 75.6 Å². The molecule has 1 atom stereocenters. The van der Waals surface area contributed by atoms with Gasteiger partial charge in [-0.15, -0.1) is 6.58 Å². The third-order valence-corrected chi connectivity index (χ3v) is 3.17. The summed E-state index contributed by atoms with van der Waals surface area (Å²) in [7, 11) is 0. The molecule has 5 heteroatoms. The highest BCUT2D eigenvalue weighted by atomic mass is 16.6. The van der Waals surface area contributed by atoms with Crippen molar-refractivity contribution in [2.45, 2.75) is 51.7 Å². The van der Waals surface area contributed by atoms with Crippen LogP contribution in [0.3, 0.4) is 0 Å². The molecule has 0 aromatic rings. The van der Waals surface area contributed by atoms with Crippen molar-refractivity contribution in [2.75, 3.05) is 0 Å². The number of alkyl carbamates (subject to hydrolysis) is 1. The minimum absolute atomic E-state index is 0.539. The van der Waals surface area contributed by atoms with E-state index in [2.05, 4.69) is 11.9 Å². The van der Waals surface area contributed by atoms with E-state index in [-0.39, 0.29) is 0 Å². The molecule has 2 N–H and O–H groups in total. The van der Waals surface area contributed by atoms with Gasteiger partial charge >= 0.3 is 12.1 Å². The van der Waals surface area contributed by atoms with E-state index in [0.717, 1.165) is 19.3 Å². The Bertz CT molecular complexity index is 352. The molecule has 1 fully saturated rings. The first kappa shape index (κ1) is 14.5. The molecule has 18 heavy (non-hydrogen) atoms. The van der Waals surface area contributed by atoms with Crippen molar-refractivity contribution in [2.24, 2.45) is 5.41 Å². The molecule has 0 radical (unpaired) electrons. The second-order valence-corrected chi connectivity index (χ2v) is 5.71. The molecule has 0 aromatic heterocycles. The Morgan fingerprint density at radius 3 is 2.28 bits per heavy atom. The molecule has 1 rings (SSSR count). The quantitative estimate of drug-likeness (QED) is 0.756. The molecular weight excluding hydrogens is 234 g/mol. The van der Waals surface area contributed by atoms with Crippen LogP contribution in [0.25, 0.3) is 0 Å². The number of hydrogen-bond acceptors (Lipinski definition) is 3. The van der Waals surface area contributed by atoms with Crippen LogP contribution in [-0.4, -0.2) is 28.8 Å². The van der Waals surface area contributed by atoms with Crippen molar-refractivity contribution in [3.8, 4) is 0 Å². The molecular formula is C13H21NO4. The van der Waals surface area contributed by atoms with Crippen LogP contribution in [0.1, 0.15) is 40.0 Å². The van der Waals surface area contributed by atoms with Gasteiger partial charge in [0.1, 0.15) is 11.6 Å². The number of carboxylic acids is 1. The second kappa shape index (κ2) is 5.00. The summed E-state index contributed by atoms with van der Waals surface area (Å²) in [6.45, 7) is 8.88. The maximum atomic E-state index is 11.6. The van der Waals surface area contributed by atoms with Gasteiger partial charge in [0.2, 0.25) is 0 Å². The smallest absolute Gasteiger partial charge is 0.408 e. The lowest BCUT2D eigenvalue weighted by Gasteiger charge is -2.43. The number of rotatable bonds is 4. The zero-order chi connectivity index (χ0) is 14.0. The third-order valence-electron chi connectivity index (χ3n) is 3.17. The Kier molecular flexibility index (Phi) is 4.04. The molecule has 0 aromatic carbocycles. The van der Waals surface area contributed by atoms with Gasteiger partial charge in [-0.05, 0) is 33.6 Å². The fourth-order valence-corrected chi connectivity index (χ4v) is 2.07. The van der Waals surface area contributed by atoms with Crippen LogP contribution in [0.2, 0.25) is 0 Å². The van der Waals surface area contributed by atoms with Crippen molar-refractivity contribution >= 4 is 12.1 Å². The Morgan fingerprint density at radius 1 is 1.44 bits per heavy atom. The van der Waals surface area contributed by atoms with E-state index in [0.29, 0.717) is 0 Å². The number of carbonyl (C=O) groups is 2. The highest BCUT2D eigenvalue weighted by Gasteiger charge is 2.46. The molecule has 1 amide bonds. The number of carbonyl (C=O) groups excluding carboxylic acids is 1. The van der Waals surface area contributed by atoms with Crippen molar-refractivity contribution in [1.29, 1.82) is 0 Å². The predicted octanol–water partition coefficient (Wildman–Crippen LogP) is 2.32. The Hall–Kier alpha value is -1.52. The maximum Gasteiger partial charge on any atom is 0.408 e. The summed E-state index contributed by atoms with van der Waals surface area (Å²) < 4.78 is 5.08. The minimum atomic E-state index is -1.06. The molecule has 1 aliphatic carbocycles. The van der Waals surface area contributed by atoms with Crippen LogP contribution < -0.4 is 5.32 Å². The first-order valence-electron chi connectivity index (χ1n) is 6.06. The SMILES string of the molecule is C=CC1([C@H](NC(=O)OC(C)(C)C)C(=O)O)CCC1. The Labute approximate surface area is 107 Å². The van der Waals surface area contributed by atoms with Crippen LogP contribution in [0, 0.1) is 5.41 Å². The van der Waals surface area contributed by atoms with Crippen molar-refractivity contribution in [3.05, 3.63) is 12.7 Å². The lowest BCUT2D eigenvalue weighted by atomic mass is 9.64. The third kappa shape index (κ3) is 3.24. The van der Waals surface area contributed by atoms with Crippen molar-refractivity contribution in [1.82, 2.24) is 5.32 Å². The second-order valence-electron chi connectivity index (χ2n) is 5.71. The van der Waals surface area contributed by atoms with E-state index in [4.69, 9.17) is 4.74 Å². The normalized spacial score (nSPS) is 19.3. The first-order valence-corrected chi connectivity index (χ1v) is 6.06. The number of ether oxygens (including phenoxy) is 1. The molecule has 102 valence electrons. The van der Waals surface area contributed by atoms with Gasteiger partial charge in [-0.3, -0.25) is 0 Å². The standard InChI is InChI=1S/C13H21NO4/c1-5-13(7-6-8-13)9(10(15)16)14-11(17)18-12(2,3)4/h5,9H,1,6-8H2,2-4H3,(H,14,17)(H,15,16)/t9-/m1/s1. The van der Waals surface area contributed by atoms with Crippen LogP contribution in [-0.2, 0) is 9.53 Å². The zero-order valence-electron chi connectivity index (χ0n) is 11.2. The van der Waals surface area contributed by atoms with Gasteiger partial charge in [-0.1, -0.05) is 12.5 Å². The molecule has 0 aliphatic heterocycles. The number of amides is 1. The number of hydrogen-bond donors (Lipinski definition) is 2. The molecule has 0 spiro atoms. The van der Waals surface area contributed by atoms with Crippen molar-refractivity contribution in [3.63, 3.8) is 0 Å². The van der Waals surface area contributed by atoms with Gasteiger partial charge in [0.15, 0.2) is 0 Å². The van der Waals surface area contributed by atoms with Crippen LogP contribution in [0.15, 0.2) is 12.7 Å². The molecule has 0 heterocycles. The van der Waals surface area contributed by atoms with Gasteiger partial charge in [0, 0.05) is 5.41 Å². The summed E-state index contributed by atoms with van der Waals surface area (Å²) in [5, 5.41) is 11.7. The lowest BCUT2D eigenvalue weighted by molar-refractivity contribution is -0.144. The predicted molar refractivity (Wildman–Crippen MR) is 67.3 cm³/mol. The van der Waals surface area contributed by atoms with E-state index in [9.17, 15) is 14.7 Å². The number of aliphatic carboxylic acids is 1. The van der Waals surface area contributed by atoms with Gasteiger partial charge in [-0.25, -0.2) is 9.59 Å². The van der Waals surface area contributed by atoms with E-state index < -0.39 is 29.1 Å². The monoisotopic (exact) mass is 255 g/mol. The molecule has 0 unspecified atom stereocenters. The highest BCUT2D eigenvalue weighted by molar-refractivity contribution is 5.81. The summed E-state index contributed by atoms with van der Waals surface area (Å²) in [4.78, 5) is 22.9. The van der Waals surface area contributed by atoms with E-state index in [1.807, 2.05) is 0 Å². The van der Waals surface area contributed by atoms with Gasteiger partial charge in [-0.2, -0.15) is 0 Å². The fraction of sp³-hybridized carbons (Fsp3) is 0.692. The molecule has 1 aliphatic rings. The number of nitrogens with one attached hydrogen (secondary N) is 1. The van der Waals surface area contributed by atoms with Gasteiger partial charge < -0.3 is 15.2 Å². The summed E-state index contributed by atoms with van der Waals surface area (Å²) in [6.07, 6.45) is 3.33. The van der Waals surface area contributed by atoms with Crippen molar-refractivity contribution < 1.29 is 19.4 Å². The lowest BCUT2D eigenvalue weighted by Crippen LogP contribution is -2.55. The van der Waals surface area contributed by atoms with Crippen LogP contribution >= 0.6 is 0 Å². The first-order chi connectivity index (χ1) is 8.20. The van der Waals surface area contributed by atoms with E-state index in [1.54, 1.807) is 26.8 Å². The van der Waals surface area contributed by atoms with Gasteiger partial charge in [0.25, 0.3) is 0 Å². The van der Waals surface area contributed by atoms with E-state index in [1.165, 1.54) is 0 Å². The largest absolute Gasteiger partial charge is 0.480 e. The van der Waals surface area contributed by atoms with Crippen LogP contribution in [0.5, 0.6) is 0 Å². The number of carboxylic acid groups (broad SMARTS) is 1. The molecule has 0 saturated heterocycles. The molecule has 5 nitrogen and oxygen atoms in total. The summed E-state index contributed by atoms with van der Waals surface area (Å²) in [5.74, 6) is -1.06. The zero-order valence-corrected chi connectivity index (χ0v) is 11.2. The summed E-state index contributed by atoms with van der Waals surface area (Å²) in [5.41, 5.74) is -1.18. The maximum absolute atomic E-state index is 11.6. The fourth-order valence-electron chi connectivity index (χ4n) is 2.07.